The second-order valence-electron chi connectivity index (χ2n) is 11.5. The van der Waals surface area contributed by atoms with Crippen molar-refractivity contribution in [3.8, 4) is 39.9 Å². The van der Waals surface area contributed by atoms with E-state index in [0.717, 1.165) is 63.5 Å². The summed E-state index contributed by atoms with van der Waals surface area (Å²) < 4.78 is 29.7. The van der Waals surface area contributed by atoms with Crippen LogP contribution in [0.1, 0.15) is 41.5 Å². The molecule has 0 spiro atoms. The van der Waals surface area contributed by atoms with E-state index in [4.69, 9.17) is 35.3 Å². The van der Waals surface area contributed by atoms with Crippen molar-refractivity contribution < 1.29 is 33.6 Å². The van der Waals surface area contributed by atoms with E-state index in [1.807, 2.05) is 71.6 Å². The third kappa shape index (κ3) is 7.03. The van der Waals surface area contributed by atoms with Gasteiger partial charge < -0.3 is 28.8 Å². The highest BCUT2D eigenvalue weighted by Gasteiger charge is 2.29. The van der Waals surface area contributed by atoms with Crippen LogP contribution >= 0.6 is 11.6 Å². The first-order chi connectivity index (χ1) is 22.4. The number of fused-ring (bicyclic) bond motifs is 1. The summed E-state index contributed by atoms with van der Waals surface area (Å²) in [6.07, 6.45) is 2.46. The molecule has 2 aliphatic heterocycles. The Balaban J connectivity index is 1.26. The molecule has 1 saturated heterocycles. The molecule has 46 heavy (non-hydrogen) atoms. The molecule has 0 amide bonds. The number of carboxylic acid groups (broad SMARTS) is 1. The van der Waals surface area contributed by atoms with E-state index in [9.17, 15) is 9.90 Å². The van der Waals surface area contributed by atoms with E-state index >= 15 is 0 Å². The second kappa shape index (κ2) is 14.4. The SMILES string of the molecule is COc1ccccc1COc1cc(OCc2cccc(-c3ccc4c(c3)OCCO4)c2C)c(Cl)cc1CN1CCCC[C@H]1C(=O)O. The molecule has 240 valence electrons. The highest BCUT2D eigenvalue weighted by molar-refractivity contribution is 6.32. The van der Waals surface area contributed by atoms with Gasteiger partial charge in [0, 0.05) is 23.7 Å². The number of rotatable bonds is 11. The van der Waals surface area contributed by atoms with Crippen LogP contribution in [-0.4, -0.2) is 48.9 Å². The van der Waals surface area contributed by atoms with E-state index < -0.39 is 12.0 Å². The summed E-state index contributed by atoms with van der Waals surface area (Å²) in [5.74, 6) is 2.49. The summed E-state index contributed by atoms with van der Waals surface area (Å²) in [4.78, 5) is 14.0. The number of ether oxygens (including phenoxy) is 5. The molecule has 4 aromatic carbocycles. The number of benzene rings is 4. The molecule has 0 aliphatic carbocycles. The third-order valence-corrected chi connectivity index (χ3v) is 8.94. The van der Waals surface area contributed by atoms with E-state index in [1.54, 1.807) is 7.11 Å². The van der Waals surface area contributed by atoms with E-state index in [-0.39, 0.29) is 6.61 Å². The molecule has 2 heterocycles. The fraction of sp³-hybridized carbons (Fsp3) is 0.324. The maximum atomic E-state index is 12.0. The van der Waals surface area contributed by atoms with Gasteiger partial charge in [0.1, 0.15) is 49.7 Å². The van der Waals surface area contributed by atoms with Gasteiger partial charge in [-0.1, -0.05) is 60.5 Å². The monoisotopic (exact) mass is 643 g/mol. The lowest BCUT2D eigenvalue weighted by Crippen LogP contribution is -2.44. The second-order valence-corrected chi connectivity index (χ2v) is 12.0. The molecular formula is C37H38ClNO7. The van der Waals surface area contributed by atoms with Crippen LogP contribution in [-0.2, 0) is 24.6 Å². The van der Waals surface area contributed by atoms with Crippen molar-refractivity contribution in [1.29, 1.82) is 0 Å². The number of nitrogens with zero attached hydrogens (tertiary/aromatic N) is 1. The summed E-state index contributed by atoms with van der Waals surface area (Å²) in [6.45, 7) is 4.81. The van der Waals surface area contributed by atoms with Crippen molar-refractivity contribution in [3.63, 3.8) is 0 Å². The fourth-order valence-electron chi connectivity index (χ4n) is 6.12. The number of para-hydroxylation sites is 1. The zero-order valence-electron chi connectivity index (χ0n) is 26.1. The zero-order chi connectivity index (χ0) is 32.0. The largest absolute Gasteiger partial charge is 0.496 e. The molecule has 6 rings (SSSR count). The molecule has 0 unspecified atom stereocenters. The van der Waals surface area contributed by atoms with Gasteiger partial charge in [0.15, 0.2) is 11.5 Å². The maximum absolute atomic E-state index is 12.0. The molecule has 1 atom stereocenters. The number of piperidine rings is 1. The number of aliphatic carboxylic acids is 1. The maximum Gasteiger partial charge on any atom is 0.320 e. The van der Waals surface area contributed by atoms with Crippen molar-refractivity contribution in [2.45, 2.75) is 52.0 Å². The van der Waals surface area contributed by atoms with Gasteiger partial charge >= 0.3 is 5.97 Å². The lowest BCUT2D eigenvalue weighted by molar-refractivity contribution is -0.144. The van der Waals surface area contributed by atoms with Gasteiger partial charge in [0.2, 0.25) is 0 Å². The molecule has 1 N–H and O–H groups in total. The van der Waals surface area contributed by atoms with Gasteiger partial charge in [-0.2, -0.15) is 0 Å². The van der Waals surface area contributed by atoms with Gasteiger partial charge in [0.05, 0.1) is 12.1 Å². The number of carboxylic acids is 1. The predicted octanol–water partition coefficient (Wildman–Crippen LogP) is 7.69. The number of likely N-dealkylation sites (tertiary alicyclic amines) is 1. The quantitative estimate of drug-likeness (QED) is 0.178. The van der Waals surface area contributed by atoms with E-state index in [1.165, 1.54) is 0 Å². The highest BCUT2D eigenvalue weighted by Crippen LogP contribution is 2.38. The topological polar surface area (TPSA) is 86.7 Å². The van der Waals surface area contributed by atoms with Gasteiger partial charge in [-0.05, 0) is 72.8 Å². The Kier molecular flexibility index (Phi) is 9.85. The van der Waals surface area contributed by atoms with Gasteiger partial charge in [0.25, 0.3) is 0 Å². The minimum absolute atomic E-state index is 0.261. The van der Waals surface area contributed by atoms with Crippen LogP contribution in [0, 0.1) is 6.92 Å². The van der Waals surface area contributed by atoms with Crippen LogP contribution in [0.25, 0.3) is 11.1 Å². The van der Waals surface area contributed by atoms with Crippen LogP contribution in [0.5, 0.6) is 28.7 Å². The Morgan fingerprint density at radius 3 is 2.46 bits per heavy atom. The van der Waals surface area contributed by atoms with Crippen LogP contribution in [0.4, 0.5) is 0 Å². The number of carbonyl (C=O) groups is 1. The predicted molar refractivity (Wildman–Crippen MR) is 176 cm³/mol. The molecule has 8 nitrogen and oxygen atoms in total. The Bertz CT molecular complexity index is 1710. The first kappa shape index (κ1) is 31.6. The third-order valence-electron chi connectivity index (χ3n) is 8.65. The molecule has 9 heteroatoms. The van der Waals surface area contributed by atoms with Gasteiger partial charge in [-0.15, -0.1) is 0 Å². The van der Waals surface area contributed by atoms with E-state index in [2.05, 4.69) is 13.0 Å². The minimum atomic E-state index is -0.809. The summed E-state index contributed by atoms with van der Waals surface area (Å²) in [7, 11) is 1.63. The van der Waals surface area contributed by atoms with E-state index in [0.29, 0.717) is 55.9 Å². The van der Waals surface area contributed by atoms with Gasteiger partial charge in [-0.3, -0.25) is 9.69 Å². The molecule has 0 aromatic heterocycles. The summed E-state index contributed by atoms with van der Waals surface area (Å²) in [5, 5.41) is 10.3. The summed E-state index contributed by atoms with van der Waals surface area (Å²) in [5.41, 5.74) is 5.91. The smallest absolute Gasteiger partial charge is 0.320 e. The standard InChI is InChI=1S/C37H38ClNO7/c1-24-26(9-7-10-29(24)25-13-14-33-36(19-25)44-17-16-43-33)22-46-35-20-34(45-23-27-8-3-4-12-32(27)42-2)28(18-30(35)38)21-39-15-6-5-11-31(39)37(40)41/h3-4,7-10,12-14,18-20,31H,5-6,11,15-17,21-23H2,1-2H3,(H,40,41)/t31-/m0/s1. The fourth-order valence-corrected chi connectivity index (χ4v) is 6.36. The highest BCUT2D eigenvalue weighted by atomic mass is 35.5. The van der Waals surface area contributed by atoms with Crippen LogP contribution in [0.15, 0.2) is 72.8 Å². The van der Waals surface area contributed by atoms with Crippen molar-refractivity contribution >= 4 is 17.6 Å². The molecule has 0 radical (unpaired) electrons. The molecule has 0 saturated carbocycles. The Morgan fingerprint density at radius 1 is 0.870 bits per heavy atom. The number of hydrogen-bond donors (Lipinski definition) is 1. The van der Waals surface area contributed by atoms with Crippen molar-refractivity contribution in [3.05, 3.63) is 100 Å². The first-order valence-corrected chi connectivity index (χ1v) is 15.9. The average molecular weight is 644 g/mol. The molecular weight excluding hydrogens is 606 g/mol. The lowest BCUT2D eigenvalue weighted by Gasteiger charge is -2.33. The summed E-state index contributed by atoms with van der Waals surface area (Å²) >= 11 is 6.82. The minimum Gasteiger partial charge on any atom is -0.496 e. The van der Waals surface area contributed by atoms with Crippen LogP contribution in [0.2, 0.25) is 5.02 Å². The Labute approximate surface area is 274 Å². The number of hydrogen-bond acceptors (Lipinski definition) is 7. The normalized spacial score (nSPS) is 16.1. The van der Waals surface area contributed by atoms with Crippen LogP contribution in [0.3, 0.4) is 0 Å². The number of halogens is 1. The molecule has 4 aromatic rings. The van der Waals surface area contributed by atoms with Crippen LogP contribution < -0.4 is 23.7 Å². The zero-order valence-corrected chi connectivity index (χ0v) is 26.8. The molecule has 1 fully saturated rings. The van der Waals surface area contributed by atoms with Crippen molar-refractivity contribution in [2.24, 2.45) is 0 Å². The first-order valence-electron chi connectivity index (χ1n) is 15.6. The Morgan fingerprint density at radius 2 is 1.63 bits per heavy atom. The molecule has 2 aliphatic rings. The van der Waals surface area contributed by atoms with Gasteiger partial charge in [-0.25, -0.2) is 0 Å². The average Bonchev–Trinajstić information content (AvgIpc) is 3.08. The lowest BCUT2D eigenvalue weighted by atomic mass is 9.96. The van der Waals surface area contributed by atoms with Crippen molar-refractivity contribution in [1.82, 2.24) is 4.90 Å². The van der Waals surface area contributed by atoms with Crippen molar-refractivity contribution in [2.75, 3.05) is 26.9 Å². The molecule has 0 bridgehead atoms. The number of methoxy groups -OCH3 is 1. The summed E-state index contributed by atoms with van der Waals surface area (Å²) in [6, 6.07) is 22.9. The Hall–Kier alpha value is -4.40.